The minimum absolute atomic E-state index is 1.09. The Hall–Kier alpha value is -7.46. The summed E-state index contributed by atoms with van der Waals surface area (Å²) in [7, 11) is 0. The fraction of sp³-hybridized carbons (Fsp3) is 0. The van der Waals surface area contributed by atoms with Gasteiger partial charge in [0.1, 0.15) is 0 Å². The molecule has 0 aliphatic carbocycles. The molecular formula is C56H36N2S. The van der Waals surface area contributed by atoms with E-state index in [2.05, 4.69) is 228 Å². The summed E-state index contributed by atoms with van der Waals surface area (Å²) in [5.41, 5.74) is 11.7. The molecule has 0 N–H and O–H groups in total. The normalized spacial score (nSPS) is 11.7. The lowest BCUT2D eigenvalue weighted by atomic mass is 9.95. The SMILES string of the molecule is c1ccc(-c2ccc(N(c3cccc(-n4c5cccc(-c6ccc7ccccc7c6)c5c5c6ccccc6ccc54)c3)c3ccc4c(c3)sc3ccccc34)cc2)cc1. The standard InChI is InChI=1S/C56H36N2S/c1-2-12-37(13-3-1)39-26-29-43(30-27-39)57(46-31-32-50-49-20-8-9-23-53(49)59-54(50)36-46)44-17-10-18-45(35-44)58-51-22-11-21-48(42-25-24-38-14-4-5-16-41(38)34-42)56(51)55-47-19-7-6-15-40(47)28-33-52(55)58/h1-36H. The average Bonchev–Trinajstić information content (AvgIpc) is 3.85. The van der Waals surface area contributed by atoms with Crippen LogP contribution in [-0.4, -0.2) is 4.57 Å². The first-order valence-electron chi connectivity index (χ1n) is 20.2. The highest BCUT2D eigenvalue weighted by Crippen LogP contribution is 2.45. The summed E-state index contributed by atoms with van der Waals surface area (Å²) in [5, 5.41) is 10.1. The Morgan fingerprint density at radius 3 is 1.86 bits per heavy atom. The predicted molar refractivity (Wildman–Crippen MR) is 254 cm³/mol. The van der Waals surface area contributed by atoms with Crippen molar-refractivity contribution < 1.29 is 0 Å². The highest BCUT2D eigenvalue weighted by atomic mass is 32.1. The first-order valence-corrected chi connectivity index (χ1v) is 21.0. The molecule has 12 rings (SSSR count). The van der Waals surface area contributed by atoms with Crippen LogP contribution in [0.15, 0.2) is 218 Å². The fourth-order valence-corrected chi connectivity index (χ4v) is 10.3. The Morgan fingerprint density at radius 2 is 0.983 bits per heavy atom. The molecule has 0 bridgehead atoms. The monoisotopic (exact) mass is 768 g/mol. The lowest BCUT2D eigenvalue weighted by molar-refractivity contribution is 1.17. The zero-order chi connectivity index (χ0) is 38.9. The zero-order valence-corrected chi connectivity index (χ0v) is 32.9. The Labute approximate surface area is 346 Å². The molecule has 0 unspecified atom stereocenters. The van der Waals surface area contributed by atoms with Gasteiger partial charge in [0.15, 0.2) is 0 Å². The van der Waals surface area contributed by atoms with Gasteiger partial charge in [-0.25, -0.2) is 0 Å². The maximum absolute atomic E-state index is 2.47. The van der Waals surface area contributed by atoms with E-state index in [9.17, 15) is 0 Å². The van der Waals surface area contributed by atoms with E-state index in [1.807, 2.05) is 11.3 Å². The zero-order valence-electron chi connectivity index (χ0n) is 32.1. The van der Waals surface area contributed by atoms with E-state index in [0.29, 0.717) is 0 Å². The molecule has 0 aliphatic heterocycles. The smallest absolute Gasteiger partial charge is 0.0547 e. The van der Waals surface area contributed by atoms with Crippen molar-refractivity contribution in [3.05, 3.63) is 218 Å². The van der Waals surface area contributed by atoms with Crippen molar-refractivity contribution in [3.63, 3.8) is 0 Å². The van der Waals surface area contributed by atoms with Crippen LogP contribution in [0.25, 0.3) is 91.5 Å². The molecule has 0 aliphatic rings. The van der Waals surface area contributed by atoms with Crippen LogP contribution in [0, 0.1) is 0 Å². The molecular weight excluding hydrogens is 733 g/mol. The highest BCUT2D eigenvalue weighted by Gasteiger charge is 2.21. The van der Waals surface area contributed by atoms with Gasteiger partial charge >= 0.3 is 0 Å². The Kier molecular flexibility index (Phi) is 7.75. The number of hydrogen-bond donors (Lipinski definition) is 0. The molecule has 10 aromatic carbocycles. The van der Waals surface area contributed by atoms with Gasteiger partial charge in [0.2, 0.25) is 0 Å². The van der Waals surface area contributed by atoms with Gasteiger partial charge in [-0.15, -0.1) is 11.3 Å². The van der Waals surface area contributed by atoms with E-state index in [4.69, 9.17) is 0 Å². The van der Waals surface area contributed by atoms with Crippen LogP contribution < -0.4 is 4.90 Å². The van der Waals surface area contributed by atoms with Gasteiger partial charge < -0.3 is 9.47 Å². The molecule has 12 aromatic rings. The summed E-state index contributed by atoms with van der Waals surface area (Å²) in [5.74, 6) is 0. The van der Waals surface area contributed by atoms with Gasteiger partial charge in [0.25, 0.3) is 0 Å². The highest BCUT2D eigenvalue weighted by molar-refractivity contribution is 7.25. The average molecular weight is 769 g/mol. The van der Waals surface area contributed by atoms with E-state index in [0.717, 1.165) is 22.7 Å². The lowest BCUT2D eigenvalue weighted by Gasteiger charge is -2.26. The molecule has 0 fully saturated rings. The summed E-state index contributed by atoms with van der Waals surface area (Å²) < 4.78 is 5.06. The summed E-state index contributed by atoms with van der Waals surface area (Å²) >= 11 is 1.86. The maximum Gasteiger partial charge on any atom is 0.0547 e. The Morgan fingerprint density at radius 1 is 0.339 bits per heavy atom. The minimum atomic E-state index is 1.09. The molecule has 0 saturated heterocycles. The number of anilines is 3. The number of thiophene rings is 1. The molecule has 0 atom stereocenters. The lowest BCUT2D eigenvalue weighted by Crippen LogP contribution is -2.10. The largest absolute Gasteiger partial charge is 0.310 e. The first-order chi connectivity index (χ1) is 29.2. The van der Waals surface area contributed by atoms with Crippen molar-refractivity contribution in [2.45, 2.75) is 0 Å². The number of benzene rings is 10. The van der Waals surface area contributed by atoms with Crippen LogP contribution in [0.4, 0.5) is 17.1 Å². The van der Waals surface area contributed by atoms with Crippen LogP contribution in [0.3, 0.4) is 0 Å². The topological polar surface area (TPSA) is 8.17 Å². The molecule has 0 spiro atoms. The third kappa shape index (κ3) is 5.55. The molecule has 0 saturated carbocycles. The van der Waals surface area contributed by atoms with Crippen molar-refractivity contribution >= 4 is 91.9 Å². The third-order valence-corrected chi connectivity index (χ3v) is 13.1. The molecule has 0 amide bonds. The summed E-state index contributed by atoms with van der Waals surface area (Å²) in [6.45, 7) is 0. The third-order valence-electron chi connectivity index (χ3n) is 11.9. The van der Waals surface area contributed by atoms with Gasteiger partial charge in [-0.3, -0.25) is 0 Å². The molecule has 0 radical (unpaired) electrons. The number of nitrogens with zero attached hydrogens (tertiary/aromatic N) is 2. The van der Waals surface area contributed by atoms with Crippen LogP contribution in [0.2, 0.25) is 0 Å². The van der Waals surface area contributed by atoms with Gasteiger partial charge in [-0.1, -0.05) is 152 Å². The van der Waals surface area contributed by atoms with Crippen LogP contribution in [-0.2, 0) is 0 Å². The van der Waals surface area contributed by atoms with E-state index in [1.165, 1.54) is 85.8 Å². The van der Waals surface area contributed by atoms with Gasteiger partial charge in [0, 0.05) is 53.7 Å². The summed E-state index contributed by atoms with van der Waals surface area (Å²) in [6, 6.07) is 80.0. The van der Waals surface area contributed by atoms with E-state index >= 15 is 0 Å². The molecule has 2 nitrogen and oxygen atoms in total. The number of fused-ring (bicyclic) bond motifs is 9. The molecule has 59 heavy (non-hydrogen) atoms. The summed E-state index contributed by atoms with van der Waals surface area (Å²) in [4.78, 5) is 2.41. The fourth-order valence-electron chi connectivity index (χ4n) is 9.21. The molecule has 2 aromatic heterocycles. The van der Waals surface area contributed by atoms with Crippen molar-refractivity contribution in [2.24, 2.45) is 0 Å². The van der Waals surface area contributed by atoms with E-state index in [-0.39, 0.29) is 0 Å². The first kappa shape index (κ1) is 33.7. The number of hydrogen-bond acceptors (Lipinski definition) is 2. The summed E-state index contributed by atoms with van der Waals surface area (Å²) in [6.07, 6.45) is 0. The van der Waals surface area contributed by atoms with Crippen molar-refractivity contribution in [1.29, 1.82) is 0 Å². The van der Waals surface area contributed by atoms with Crippen LogP contribution in [0.5, 0.6) is 0 Å². The number of rotatable bonds is 6. The van der Waals surface area contributed by atoms with Crippen molar-refractivity contribution in [2.75, 3.05) is 4.90 Å². The Bertz CT molecular complexity index is 3560. The van der Waals surface area contributed by atoms with Gasteiger partial charge in [-0.2, -0.15) is 0 Å². The van der Waals surface area contributed by atoms with Crippen LogP contribution >= 0.6 is 11.3 Å². The second-order valence-corrected chi connectivity index (χ2v) is 16.4. The van der Waals surface area contributed by atoms with E-state index in [1.54, 1.807) is 0 Å². The van der Waals surface area contributed by atoms with E-state index < -0.39 is 0 Å². The second kappa shape index (κ2) is 13.6. The molecule has 2 heterocycles. The molecule has 276 valence electrons. The minimum Gasteiger partial charge on any atom is -0.310 e. The quantitative estimate of drug-likeness (QED) is 0.164. The number of aromatic nitrogens is 1. The van der Waals surface area contributed by atoms with Crippen molar-refractivity contribution in [1.82, 2.24) is 4.57 Å². The Balaban J connectivity index is 1.08. The van der Waals surface area contributed by atoms with Gasteiger partial charge in [-0.05, 0) is 111 Å². The second-order valence-electron chi connectivity index (χ2n) is 15.3. The predicted octanol–water partition coefficient (Wildman–Crippen LogP) is 16.3. The van der Waals surface area contributed by atoms with Gasteiger partial charge in [0.05, 0.1) is 11.0 Å². The van der Waals surface area contributed by atoms with Crippen LogP contribution in [0.1, 0.15) is 0 Å². The molecule has 3 heteroatoms. The maximum atomic E-state index is 2.47. The van der Waals surface area contributed by atoms with Crippen molar-refractivity contribution in [3.8, 4) is 27.9 Å².